The maximum atomic E-state index is 11.0. The van der Waals surface area contributed by atoms with Crippen LogP contribution < -0.4 is 11.1 Å². The van der Waals surface area contributed by atoms with Gasteiger partial charge < -0.3 is 20.9 Å². The van der Waals surface area contributed by atoms with Gasteiger partial charge in [0.2, 0.25) is 0 Å². The topological polar surface area (TPSA) is 84.6 Å². The second kappa shape index (κ2) is 6.68. The highest BCUT2D eigenvalue weighted by Gasteiger charge is 2.14. The molecule has 0 spiro atoms. The highest BCUT2D eigenvalue weighted by molar-refractivity contribution is 5.67. The predicted octanol–water partition coefficient (Wildman–Crippen LogP) is -0.312. The minimum Gasteiger partial charge on any atom is -0.447 e. The zero-order valence-corrected chi connectivity index (χ0v) is 8.12. The number of ether oxygens (including phenoxy) is 1. The van der Waals surface area contributed by atoms with E-state index in [4.69, 9.17) is 10.8 Å². The summed E-state index contributed by atoms with van der Waals surface area (Å²) in [6.45, 7) is 4.16. The number of carbonyl (C=O) groups excluding carboxylic acids is 1. The fourth-order valence-electron chi connectivity index (χ4n) is 0.829. The van der Waals surface area contributed by atoms with Crippen LogP contribution in [0.4, 0.5) is 4.79 Å². The average Bonchev–Trinajstić information content (AvgIpc) is 2.10. The number of alkyl carbamates (subject to hydrolysis) is 1. The van der Waals surface area contributed by atoms with E-state index in [9.17, 15) is 4.79 Å². The normalized spacial score (nSPS) is 12.7. The Morgan fingerprint density at radius 1 is 1.62 bits per heavy atom. The van der Waals surface area contributed by atoms with E-state index in [0.717, 1.165) is 0 Å². The van der Waals surface area contributed by atoms with E-state index in [2.05, 4.69) is 10.1 Å². The molecule has 0 radical (unpaired) electrons. The quantitative estimate of drug-likeness (QED) is 0.555. The highest BCUT2D eigenvalue weighted by Crippen LogP contribution is 1.99. The largest absolute Gasteiger partial charge is 0.447 e. The Morgan fingerprint density at radius 3 is 2.62 bits per heavy atom. The molecule has 0 aromatic carbocycles. The van der Waals surface area contributed by atoms with E-state index in [1.54, 1.807) is 0 Å². The number of rotatable bonds is 5. The van der Waals surface area contributed by atoms with E-state index in [0.29, 0.717) is 6.54 Å². The number of aliphatic hydroxyl groups excluding tert-OH is 1. The summed E-state index contributed by atoms with van der Waals surface area (Å²) < 4.78 is 4.62. The highest BCUT2D eigenvalue weighted by atomic mass is 16.6. The van der Waals surface area contributed by atoms with Crippen LogP contribution in [-0.4, -0.2) is 37.0 Å². The van der Waals surface area contributed by atoms with E-state index >= 15 is 0 Å². The monoisotopic (exact) mass is 190 g/mol. The zero-order chi connectivity index (χ0) is 10.3. The Labute approximate surface area is 78.3 Å². The van der Waals surface area contributed by atoms with Gasteiger partial charge in [0.05, 0.1) is 6.61 Å². The Balaban J connectivity index is 3.73. The molecular formula is C8H18N2O3. The Hall–Kier alpha value is -0.810. The van der Waals surface area contributed by atoms with Crippen LogP contribution in [0.15, 0.2) is 0 Å². The summed E-state index contributed by atoms with van der Waals surface area (Å²) >= 11 is 0. The first kappa shape index (κ1) is 12.2. The summed E-state index contributed by atoms with van der Waals surface area (Å²) in [5, 5.41) is 11.0. The van der Waals surface area contributed by atoms with Crippen LogP contribution in [0.2, 0.25) is 0 Å². The lowest BCUT2D eigenvalue weighted by Crippen LogP contribution is -2.44. The van der Waals surface area contributed by atoms with Crippen LogP contribution in [-0.2, 0) is 4.74 Å². The van der Waals surface area contributed by atoms with Gasteiger partial charge in [-0.25, -0.2) is 4.79 Å². The molecule has 0 bridgehead atoms. The lowest BCUT2D eigenvalue weighted by Gasteiger charge is -2.19. The van der Waals surface area contributed by atoms with Gasteiger partial charge in [-0.05, 0) is 5.92 Å². The number of amides is 1. The lowest BCUT2D eigenvalue weighted by atomic mass is 10.1. The van der Waals surface area contributed by atoms with Gasteiger partial charge in [-0.3, -0.25) is 0 Å². The maximum absolute atomic E-state index is 11.0. The number of nitrogens with one attached hydrogen (secondary N) is 1. The van der Waals surface area contributed by atoms with Crippen molar-refractivity contribution in [1.82, 2.24) is 5.32 Å². The number of nitrogens with two attached hydrogens (primary N) is 1. The fourth-order valence-corrected chi connectivity index (χ4v) is 0.829. The molecule has 0 aliphatic carbocycles. The van der Waals surface area contributed by atoms with Crippen LogP contribution >= 0.6 is 0 Å². The molecule has 0 unspecified atom stereocenters. The van der Waals surface area contributed by atoms with Crippen molar-refractivity contribution in [2.75, 3.05) is 19.8 Å². The van der Waals surface area contributed by atoms with Crippen molar-refractivity contribution < 1.29 is 14.6 Å². The lowest BCUT2D eigenvalue weighted by molar-refractivity contribution is 0.114. The molecule has 0 saturated heterocycles. The first-order valence-corrected chi connectivity index (χ1v) is 4.36. The van der Waals surface area contributed by atoms with Crippen LogP contribution in [0.5, 0.6) is 0 Å². The third-order valence-corrected chi connectivity index (χ3v) is 1.69. The van der Waals surface area contributed by atoms with Crippen molar-refractivity contribution in [1.29, 1.82) is 0 Å². The first-order valence-electron chi connectivity index (χ1n) is 4.36. The van der Waals surface area contributed by atoms with E-state index < -0.39 is 6.09 Å². The molecule has 5 heteroatoms. The van der Waals surface area contributed by atoms with Crippen molar-refractivity contribution >= 4 is 6.09 Å². The maximum Gasteiger partial charge on any atom is 0.407 e. The number of carbonyl (C=O) groups is 1. The van der Waals surface area contributed by atoms with Crippen molar-refractivity contribution in [2.45, 2.75) is 19.9 Å². The summed E-state index contributed by atoms with van der Waals surface area (Å²) in [7, 11) is 0. The summed E-state index contributed by atoms with van der Waals surface area (Å²) in [6.07, 6.45) is -0.529. The fraction of sp³-hybridized carbons (Fsp3) is 0.875. The number of aliphatic hydroxyl groups is 1. The SMILES string of the molecule is CC(C)[C@@H](CN)NC(=O)OCCO. The van der Waals surface area contributed by atoms with Gasteiger partial charge in [-0.15, -0.1) is 0 Å². The van der Waals surface area contributed by atoms with Crippen LogP contribution in [0.1, 0.15) is 13.8 Å². The Bertz CT molecular complexity index is 150. The van der Waals surface area contributed by atoms with Gasteiger partial charge in [-0.2, -0.15) is 0 Å². The van der Waals surface area contributed by atoms with Gasteiger partial charge in [0, 0.05) is 12.6 Å². The molecule has 0 heterocycles. The Morgan fingerprint density at radius 2 is 2.23 bits per heavy atom. The smallest absolute Gasteiger partial charge is 0.407 e. The zero-order valence-electron chi connectivity index (χ0n) is 8.12. The minimum atomic E-state index is -0.529. The number of hydrogen-bond acceptors (Lipinski definition) is 4. The molecule has 0 fully saturated rings. The van der Waals surface area contributed by atoms with Gasteiger partial charge in [-0.1, -0.05) is 13.8 Å². The summed E-state index contributed by atoms with van der Waals surface area (Å²) in [4.78, 5) is 11.0. The molecule has 1 atom stereocenters. The van der Waals surface area contributed by atoms with E-state index in [1.807, 2.05) is 13.8 Å². The summed E-state index contributed by atoms with van der Waals surface area (Å²) in [5.41, 5.74) is 5.43. The van der Waals surface area contributed by atoms with Gasteiger partial charge in [0.15, 0.2) is 0 Å². The second-order valence-electron chi connectivity index (χ2n) is 3.09. The molecule has 4 N–H and O–H groups in total. The molecule has 0 rings (SSSR count). The van der Waals surface area contributed by atoms with Gasteiger partial charge in [0.1, 0.15) is 6.61 Å². The van der Waals surface area contributed by atoms with Crippen LogP contribution in [0.3, 0.4) is 0 Å². The second-order valence-corrected chi connectivity index (χ2v) is 3.09. The van der Waals surface area contributed by atoms with Crippen molar-refractivity contribution in [2.24, 2.45) is 11.7 Å². The van der Waals surface area contributed by atoms with Crippen molar-refractivity contribution in [3.8, 4) is 0 Å². The molecule has 0 aliphatic heterocycles. The van der Waals surface area contributed by atoms with E-state index in [1.165, 1.54) is 0 Å². The van der Waals surface area contributed by atoms with Crippen LogP contribution in [0, 0.1) is 5.92 Å². The standard InChI is InChI=1S/C8H18N2O3/c1-6(2)7(5-9)10-8(12)13-4-3-11/h6-7,11H,3-5,9H2,1-2H3,(H,10,12)/t7-/m1/s1. The predicted molar refractivity (Wildman–Crippen MR) is 49.2 cm³/mol. The van der Waals surface area contributed by atoms with Gasteiger partial charge in [0.25, 0.3) is 0 Å². The third kappa shape index (κ3) is 5.43. The molecule has 78 valence electrons. The van der Waals surface area contributed by atoms with Crippen molar-refractivity contribution in [3.63, 3.8) is 0 Å². The molecule has 13 heavy (non-hydrogen) atoms. The molecule has 0 saturated carbocycles. The molecule has 1 amide bonds. The van der Waals surface area contributed by atoms with Crippen molar-refractivity contribution in [3.05, 3.63) is 0 Å². The molecule has 0 aromatic rings. The summed E-state index contributed by atoms with van der Waals surface area (Å²) in [6, 6.07) is -0.0776. The molecule has 5 nitrogen and oxygen atoms in total. The summed E-state index contributed by atoms with van der Waals surface area (Å²) in [5.74, 6) is 0.270. The van der Waals surface area contributed by atoms with Crippen LogP contribution in [0.25, 0.3) is 0 Å². The Kier molecular flexibility index (Phi) is 6.26. The third-order valence-electron chi connectivity index (χ3n) is 1.69. The molecular weight excluding hydrogens is 172 g/mol. The molecule has 0 aromatic heterocycles. The van der Waals surface area contributed by atoms with Gasteiger partial charge >= 0.3 is 6.09 Å². The molecule has 0 aliphatic rings. The van der Waals surface area contributed by atoms with E-state index in [-0.39, 0.29) is 25.2 Å². The number of hydrogen-bond donors (Lipinski definition) is 3. The minimum absolute atomic E-state index is 0.0151. The first-order chi connectivity index (χ1) is 6.11. The average molecular weight is 190 g/mol.